The van der Waals surface area contributed by atoms with Crippen LogP contribution in [0.25, 0.3) is 10.9 Å². The fourth-order valence-electron chi connectivity index (χ4n) is 4.83. The van der Waals surface area contributed by atoms with E-state index in [-0.39, 0.29) is 23.9 Å². The van der Waals surface area contributed by atoms with Crippen molar-refractivity contribution in [1.82, 2.24) is 19.7 Å². The molecule has 2 aromatic rings. The Bertz CT molecular complexity index is 893. The number of para-hydroxylation sites is 1. The first-order chi connectivity index (χ1) is 13.2. The van der Waals surface area contributed by atoms with Gasteiger partial charge in [-0.2, -0.15) is 0 Å². The number of pyridine rings is 1. The van der Waals surface area contributed by atoms with Gasteiger partial charge in [-0.25, -0.2) is 0 Å². The van der Waals surface area contributed by atoms with E-state index in [1.807, 2.05) is 22.1 Å². The summed E-state index contributed by atoms with van der Waals surface area (Å²) in [5.41, 5.74) is 2.19. The maximum atomic E-state index is 13.0. The zero-order valence-corrected chi connectivity index (χ0v) is 15.4. The molecule has 2 amide bonds. The van der Waals surface area contributed by atoms with Gasteiger partial charge in [-0.15, -0.1) is 0 Å². The molecular formula is C21H24N4O2. The van der Waals surface area contributed by atoms with Crippen LogP contribution >= 0.6 is 0 Å². The van der Waals surface area contributed by atoms with Crippen LogP contribution in [0.3, 0.4) is 0 Å². The molecule has 0 radical (unpaired) electrons. The molecular weight excluding hydrogens is 340 g/mol. The van der Waals surface area contributed by atoms with Crippen molar-refractivity contribution >= 4 is 22.7 Å². The van der Waals surface area contributed by atoms with E-state index in [2.05, 4.69) is 34.1 Å². The summed E-state index contributed by atoms with van der Waals surface area (Å²) in [5, 5.41) is 1.13. The van der Waals surface area contributed by atoms with Crippen LogP contribution in [0.2, 0.25) is 0 Å². The molecule has 1 aromatic heterocycles. The summed E-state index contributed by atoms with van der Waals surface area (Å²) in [4.78, 5) is 36.4. The molecule has 140 valence electrons. The van der Waals surface area contributed by atoms with Crippen molar-refractivity contribution in [1.29, 1.82) is 0 Å². The molecule has 1 aromatic carbocycles. The van der Waals surface area contributed by atoms with Crippen molar-refractivity contribution in [2.24, 2.45) is 0 Å². The van der Waals surface area contributed by atoms with Gasteiger partial charge >= 0.3 is 0 Å². The number of carbonyl (C=O) groups excluding carboxylic acids is 2. The van der Waals surface area contributed by atoms with E-state index in [1.54, 1.807) is 0 Å². The number of rotatable bonds is 2. The Labute approximate surface area is 158 Å². The first-order valence-electron chi connectivity index (χ1n) is 9.88. The monoisotopic (exact) mass is 364 g/mol. The number of hydrogen-bond acceptors (Lipinski definition) is 4. The largest absolute Gasteiger partial charge is 0.329 e. The summed E-state index contributed by atoms with van der Waals surface area (Å²) in [7, 11) is 0. The van der Waals surface area contributed by atoms with Crippen molar-refractivity contribution in [3.05, 3.63) is 42.1 Å². The third-order valence-corrected chi connectivity index (χ3v) is 6.21. The molecule has 3 fully saturated rings. The molecule has 3 saturated heterocycles. The maximum absolute atomic E-state index is 13.0. The lowest BCUT2D eigenvalue weighted by atomic mass is 9.94. The van der Waals surface area contributed by atoms with Crippen LogP contribution in [-0.4, -0.2) is 69.8 Å². The van der Waals surface area contributed by atoms with Crippen LogP contribution in [0.15, 0.2) is 36.5 Å². The Morgan fingerprint density at radius 2 is 1.74 bits per heavy atom. The number of fused-ring (bicyclic) bond motifs is 3. The topological polar surface area (TPSA) is 56.8 Å². The lowest BCUT2D eigenvalue weighted by Gasteiger charge is -2.50. The molecule has 0 aliphatic carbocycles. The number of amides is 2. The number of piperazine rings is 2. The van der Waals surface area contributed by atoms with Crippen LogP contribution in [0.1, 0.15) is 24.8 Å². The predicted molar refractivity (Wildman–Crippen MR) is 102 cm³/mol. The van der Waals surface area contributed by atoms with Crippen molar-refractivity contribution < 1.29 is 9.59 Å². The highest BCUT2D eigenvalue weighted by Crippen LogP contribution is 2.29. The Morgan fingerprint density at radius 1 is 0.926 bits per heavy atom. The summed E-state index contributed by atoms with van der Waals surface area (Å²) in [6, 6.07) is 9.72. The Morgan fingerprint density at radius 3 is 2.67 bits per heavy atom. The lowest BCUT2D eigenvalue weighted by molar-refractivity contribution is -0.167. The highest BCUT2D eigenvalue weighted by Gasteiger charge is 2.48. The second-order valence-corrected chi connectivity index (χ2v) is 7.82. The van der Waals surface area contributed by atoms with E-state index in [4.69, 9.17) is 0 Å². The average Bonchev–Trinajstić information content (AvgIpc) is 2.72. The Balaban J connectivity index is 1.37. The molecule has 4 heterocycles. The number of hydrogen-bond donors (Lipinski definition) is 0. The molecule has 3 aliphatic rings. The molecule has 6 nitrogen and oxygen atoms in total. The second-order valence-electron chi connectivity index (χ2n) is 7.82. The van der Waals surface area contributed by atoms with Crippen molar-refractivity contribution in [3.63, 3.8) is 0 Å². The van der Waals surface area contributed by atoms with Crippen LogP contribution in [-0.2, 0) is 16.1 Å². The molecule has 2 atom stereocenters. The van der Waals surface area contributed by atoms with Crippen LogP contribution in [0.5, 0.6) is 0 Å². The van der Waals surface area contributed by atoms with Gasteiger partial charge in [-0.3, -0.25) is 19.5 Å². The molecule has 2 unspecified atom stereocenters. The number of nitrogens with zero attached hydrogens (tertiary/aromatic N) is 4. The Hall–Kier alpha value is -2.47. The van der Waals surface area contributed by atoms with Gasteiger partial charge in [-0.1, -0.05) is 24.3 Å². The van der Waals surface area contributed by atoms with Gasteiger partial charge in [0, 0.05) is 44.3 Å². The quantitative estimate of drug-likeness (QED) is 0.813. The van der Waals surface area contributed by atoms with E-state index in [1.165, 1.54) is 5.56 Å². The molecule has 0 N–H and O–H groups in total. The zero-order chi connectivity index (χ0) is 18.4. The molecule has 0 spiro atoms. The van der Waals surface area contributed by atoms with E-state index >= 15 is 0 Å². The normalized spacial score (nSPS) is 26.2. The van der Waals surface area contributed by atoms with Crippen LogP contribution in [0.4, 0.5) is 0 Å². The first kappa shape index (κ1) is 16.7. The Kier molecular flexibility index (Phi) is 4.08. The van der Waals surface area contributed by atoms with Gasteiger partial charge in [0.15, 0.2) is 0 Å². The van der Waals surface area contributed by atoms with E-state index in [0.717, 1.165) is 49.8 Å². The van der Waals surface area contributed by atoms with Crippen molar-refractivity contribution in [3.8, 4) is 0 Å². The standard InChI is InChI=1S/C21H24N4O2/c26-20-17-8-1-2-10-24(17)21(27)18-14-23(11-12-25(18)20)13-16-6-3-5-15-7-4-9-22-19(15)16/h3-7,9,17-18H,1-2,8,10-14H2. The molecule has 0 saturated carbocycles. The SMILES string of the molecule is O=C1C2CN(Cc3cccc4cccnc34)CCN2C(=O)C2CCCCN12. The van der Waals surface area contributed by atoms with Gasteiger partial charge in [0.25, 0.3) is 0 Å². The lowest BCUT2D eigenvalue weighted by Crippen LogP contribution is -2.70. The third-order valence-electron chi connectivity index (χ3n) is 6.21. The number of carbonyl (C=O) groups is 2. The summed E-state index contributed by atoms with van der Waals surface area (Å²) in [5.74, 6) is 0.297. The van der Waals surface area contributed by atoms with Gasteiger partial charge < -0.3 is 9.80 Å². The minimum absolute atomic E-state index is 0.139. The van der Waals surface area contributed by atoms with Crippen LogP contribution < -0.4 is 0 Å². The van der Waals surface area contributed by atoms with Gasteiger partial charge in [0.05, 0.1) is 5.52 Å². The van der Waals surface area contributed by atoms with E-state index in [9.17, 15) is 9.59 Å². The number of benzene rings is 1. The summed E-state index contributed by atoms with van der Waals surface area (Å²) in [6.45, 7) is 3.52. The minimum Gasteiger partial charge on any atom is -0.329 e. The van der Waals surface area contributed by atoms with Gasteiger partial charge in [0.2, 0.25) is 11.8 Å². The second kappa shape index (κ2) is 6.60. The molecule has 3 aliphatic heterocycles. The third kappa shape index (κ3) is 2.79. The van der Waals surface area contributed by atoms with Gasteiger partial charge in [-0.05, 0) is 30.9 Å². The van der Waals surface area contributed by atoms with E-state index in [0.29, 0.717) is 13.1 Å². The van der Waals surface area contributed by atoms with Crippen molar-refractivity contribution in [2.45, 2.75) is 37.9 Å². The zero-order valence-electron chi connectivity index (χ0n) is 15.4. The molecule has 0 bridgehead atoms. The summed E-state index contributed by atoms with van der Waals surface area (Å²) < 4.78 is 0. The first-order valence-corrected chi connectivity index (χ1v) is 9.88. The molecule has 6 heteroatoms. The average molecular weight is 364 g/mol. The van der Waals surface area contributed by atoms with Crippen LogP contribution in [0, 0.1) is 0 Å². The number of aromatic nitrogens is 1. The van der Waals surface area contributed by atoms with Crippen molar-refractivity contribution in [2.75, 3.05) is 26.2 Å². The summed E-state index contributed by atoms with van der Waals surface area (Å²) in [6.07, 6.45) is 4.69. The molecule has 5 rings (SSSR count). The summed E-state index contributed by atoms with van der Waals surface area (Å²) >= 11 is 0. The molecule has 27 heavy (non-hydrogen) atoms. The predicted octanol–water partition coefficient (Wildman–Crippen LogP) is 1.64. The van der Waals surface area contributed by atoms with Gasteiger partial charge in [0.1, 0.15) is 12.1 Å². The van der Waals surface area contributed by atoms with E-state index < -0.39 is 0 Å². The number of piperidine rings is 1. The fraction of sp³-hybridized carbons (Fsp3) is 0.476. The smallest absolute Gasteiger partial charge is 0.247 e. The highest BCUT2D eigenvalue weighted by molar-refractivity contribution is 5.97. The fourth-order valence-corrected chi connectivity index (χ4v) is 4.83. The maximum Gasteiger partial charge on any atom is 0.247 e. The minimum atomic E-state index is -0.330. The highest BCUT2D eigenvalue weighted by atomic mass is 16.2.